The third kappa shape index (κ3) is 6.28. The lowest BCUT2D eigenvalue weighted by atomic mass is 9.96. The number of Topliss-reactive ketones (excluding diaryl/α,β-unsaturated/α-hetero) is 1. The second kappa shape index (κ2) is 8.97. The number of ether oxygens (including phenoxy) is 4. The summed E-state index contributed by atoms with van der Waals surface area (Å²) >= 11 is 0. The van der Waals surface area contributed by atoms with Crippen LogP contribution in [0.15, 0.2) is 12.1 Å². The SMILES string of the molecule is CC1(C)OC(=O)C(C(=O)Cc2cc(F)c(F)cc2F)C(=O)O1.CC1(C)OC(=O)CC(=O)O1. The second-order valence-electron chi connectivity index (χ2n) is 7.70. The van der Waals surface area contributed by atoms with Crippen LogP contribution in [0.1, 0.15) is 39.7 Å². The predicted molar refractivity (Wildman–Crippen MR) is 95.7 cm³/mol. The molecule has 0 radical (unpaired) electrons. The van der Waals surface area contributed by atoms with E-state index in [0.29, 0.717) is 6.07 Å². The first-order valence-electron chi connectivity index (χ1n) is 9.16. The van der Waals surface area contributed by atoms with Crippen molar-refractivity contribution in [2.24, 2.45) is 5.92 Å². The molecule has 0 N–H and O–H groups in total. The van der Waals surface area contributed by atoms with Crippen LogP contribution in [-0.4, -0.2) is 41.2 Å². The molecule has 1 aromatic carbocycles. The monoisotopic (exact) mass is 460 g/mol. The molecule has 174 valence electrons. The maximum absolute atomic E-state index is 13.5. The molecular formula is C20H19F3O9. The summed E-state index contributed by atoms with van der Waals surface area (Å²) in [6.45, 7) is 5.64. The molecule has 0 spiro atoms. The zero-order valence-electron chi connectivity index (χ0n) is 17.5. The van der Waals surface area contributed by atoms with Gasteiger partial charge in [0.1, 0.15) is 12.2 Å². The van der Waals surface area contributed by atoms with E-state index in [1.54, 1.807) is 0 Å². The highest BCUT2D eigenvalue weighted by atomic mass is 19.2. The van der Waals surface area contributed by atoms with Crippen LogP contribution in [0, 0.1) is 23.4 Å². The number of halogens is 3. The Kier molecular flexibility index (Phi) is 6.96. The molecule has 2 aliphatic rings. The van der Waals surface area contributed by atoms with E-state index in [1.807, 2.05) is 0 Å². The van der Waals surface area contributed by atoms with E-state index in [4.69, 9.17) is 9.47 Å². The summed E-state index contributed by atoms with van der Waals surface area (Å²) in [4.78, 5) is 56.5. The van der Waals surface area contributed by atoms with Crippen molar-refractivity contribution in [3.63, 3.8) is 0 Å². The molecule has 2 aliphatic heterocycles. The molecule has 32 heavy (non-hydrogen) atoms. The van der Waals surface area contributed by atoms with Crippen LogP contribution in [0.5, 0.6) is 0 Å². The van der Waals surface area contributed by atoms with Gasteiger partial charge >= 0.3 is 23.9 Å². The minimum atomic E-state index is -1.87. The first-order chi connectivity index (χ1) is 14.6. The van der Waals surface area contributed by atoms with Gasteiger partial charge in [0.25, 0.3) is 11.6 Å². The largest absolute Gasteiger partial charge is 0.423 e. The minimum absolute atomic E-state index is 0.274. The lowest BCUT2D eigenvalue weighted by Crippen LogP contribution is -2.49. The minimum Gasteiger partial charge on any atom is -0.423 e. The summed E-state index contributed by atoms with van der Waals surface area (Å²) in [5.74, 6) is -12.7. The Hall–Kier alpha value is -3.44. The van der Waals surface area contributed by atoms with Crippen LogP contribution >= 0.6 is 0 Å². The molecule has 2 fully saturated rings. The van der Waals surface area contributed by atoms with Crippen LogP contribution in [-0.2, 0) is 49.3 Å². The Morgan fingerprint density at radius 2 is 1.25 bits per heavy atom. The molecule has 2 heterocycles. The van der Waals surface area contributed by atoms with Gasteiger partial charge in [0.2, 0.25) is 5.92 Å². The fourth-order valence-electron chi connectivity index (χ4n) is 2.73. The van der Waals surface area contributed by atoms with E-state index in [2.05, 4.69) is 9.47 Å². The van der Waals surface area contributed by atoms with Gasteiger partial charge in [-0.1, -0.05) is 0 Å². The summed E-state index contributed by atoms with van der Waals surface area (Å²) in [7, 11) is 0. The highest BCUT2D eigenvalue weighted by molar-refractivity contribution is 6.16. The number of hydrogen-bond donors (Lipinski definition) is 0. The molecule has 2 saturated heterocycles. The van der Waals surface area contributed by atoms with E-state index in [-0.39, 0.29) is 12.5 Å². The zero-order valence-corrected chi connectivity index (χ0v) is 17.5. The van der Waals surface area contributed by atoms with Crippen molar-refractivity contribution in [1.82, 2.24) is 0 Å². The first-order valence-corrected chi connectivity index (χ1v) is 9.16. The van der Waals surface area contributed by atoms with E-state index < -0.39 is 76.6 Å². The molecular weight excluding hydrogens is 441 g/mol. The van der Waals surface area contributed by atoms with Gasteiger partial charge in [0.15, 0.2) is 17.4 Å². The Morgan fingerprint density at radius 1 is 0.812 bits per heavy atom. The average molecular weight is 460 g/mol. The summed E-state index contributed by atoms with van der Waals surface area (Å²) in [6, 6.07) is 0.768. The number of benzene rings is 1. The van der Waals surface area contributed by atoms with Crippen molar-refractivity contribution in [2.45, 2.75) is 52.1 Å². The van der Waals surface area contributed by atoms with Crippen LogP contribution < -0.4 is 0 Å². The van der Waals surface area contributed by atoms with E-state index in [9.17, 15) is 37.1 Å². The van der Waals surface area contributed by atoms with Gasteiger partial charge < -0.3 is 18.9 Å². The lowest BCUT2D eigenvalue weighted by Gasteiger charge is -2.32. The van der Waals surface area contributed by atoms with Crippen molar-refractivity contribution >= 4 is 29.7 Å². The number of esters is 4. The molecule has 0 aromatic heterocycles. The van der Waals surface area contributed by atoms with Crippen LogP contribution in [0.4, 0.5) is 13.2 Å². The topological polar surface area (TPSA) is 122 Å². The van der Waals surface area contributed by atoms with Gasteiger partial charge in [-0.05, 0) is 11.6 Å². The van der Waals surface area contributed by atoms with Gasteiger partial charge in [-0.15, -0.1) is 0 Å². The number of carbonyl (C=O) groups is 5. The van der Waals surface area contributed by atoms with Crippen LogP contribution in [0.3, 0.4) is 0 Å². The predicted octanol–water partition coefficient (Wildman–Crippen LogP) is 1.88. The fraction of sp³-hybridized carbons (Fsp3) is 0.450. The number of cyclic esters (lactones) is 4. The number of hydrogen-bond acceptors (Lipinski definition) is 9. The normalized spacial score (nSPS) is 19.6. The van der Waals surface area contributed by atoms with Gasteiger partial charge in [-0.3, -0.25) is 24.0 Å². The van der Waals surface area contributed by atoms with Crippen molar-refractivity contribution in [3.05, 3.63) is 35.1 Å². The van der Waals surface area contributed by atoms with Gasteiger partial charge in [0.05, 0.1) is 0 Å². The maximum Gasteiger partial charge on any atom is 0.331 e. The average Bonchev–Trinajstić information content (AvgIpc) is 2.56. The van der Waals surface area contributed by atoms with Gasteiger partial charge in [-0.2, -0.15) is 0 Å². The van der Waals surface area contributed by atoms with Crippen molar-refractivity contribution < 1.29 is 56.1 Å². The van der Waals surface area contributed by atoms with E-state index >= 15 is 0 Å². The Labute approximate surface area is 179 Å². The number of rotatable bonds is 3. The van der Waals surface area contributed by atoms with Crippen molar-refractivity contribution in [1.29, 1.82) is 0 Å². The lowest BCUT2D eigenvalue weighted by molar-refractivity contribution is -0.239. The Balaban J connectivity index is 0.000000303. The maximum atomic E-state index is 13.5. The van der Waals surface area contributed by atoms with Crippen LogP contribution in [0.2, 0.25) is 0 Å². The number of carbonyl (C=O) groups excluding carboxylic acids is 5. The van der Waals surface area contributed by atoms with Gasteiger partial charge in [-0.25, -0.2) is 13.2 Å². The molecule has 3 rings (SSSR count). The molecule has 0 unspecified atom stereocenters. The third-order valence-electron chi connectivity index (χ3n) is 3.95. The van der Waals surface area contributed by atoms with E-state index in [0.717, 1.165) is 0 Å². The smallest absolute Gasteiger partial charge is 0.331 e. The summed E-state index contributed by atoms with van der Waals surface area (Å²) < 4.78 is 58.2. The summed E-state index contributed by atoms with van der Waals surface area (Å²) in [6.07, 6.45) is -1.05. The fourth-order valence-corrected chi connectivity index (χ4v) is 2.73. The highest BCUT2D eigenvalue weighted by Gasteiger charge is 2.47. The van der Waals surface area contributed by atoms with Crippen molar-refractivity contribution in [2.75, 3.05) is 0 Å². The summed E-state index contributed by atoms with van der Waals surface area (Å²) in [5, 5.41) is 0. The molecule has 0 aliphatic carbocycles. The molecule has 1 aromatic rings. The Morgan fingerprint density at radius 3 is 1.72 bits per heavy atom. The highest BCUT2D eigenvalue weighted by Crippen LogP contribution is 2.25. The molecule has 0 atom stereocenters. The third-order valence-corrected chi connectivity index (χ3v) is 3.95. The van der Waals surface area contributed by atoms with Crippen LogP contribution in [0.25, 0.3) is 0 Å². The zero-order chi connectivity index (χ0) is 24.4. The molecule has 9 nitrogen and oxygen atoms in total. The standard InChI is InChI=1S/C14H11F3O5.C6H8O4/c1-14(2)21-12(19)11(13(20)22-14)10(18)4-6-3-8(16)9(17)5-7(6)15;1-6(2)9-4(7)3-5(8)10-6/h3,5,11H,4H2,1-2H3;3H2,1-2H3. The summed E-state index contributed by atoms with van der Waals surface area (Å²) in [5.41, 5.74) is -0.477. The molecule has 0 amide bonds. The van der Waals surface area contributed by atoms with E-state index in [1.165, 1.54) is 27.7 Å². The Bertz CT molecular complexity index is 947. The van der Waals surface area contributed by atoms with Crippen molar-refractivity contribution in [3.8, 4) is 0 Å². The quantitative estimate of drug-likeness (QED) is 0.378. The second-order valence-corrected chi connectivity index (χ2v) is 7.70. The molecule has 0 bridgehead atoms. The van der Waals surface area contributed by atoms with Gasteiger partial charge in [0, 0.05) is 40.2 Å². The number of ketones is 1. The first kappa shape index (κ1) is 24.8. The molecule has 12 heteroatoms. The molecule has 0 saturated carbocycles.